The maximum atomic E-state index is 11.8. The van der Waals surface area contributed by atoms with E-state index in [4.69, 9.17) is 11.6 Å². The fraction of sp³-hybridized carbons (Fsp3) is 0.167. The van der Waals surface area contributed by atoms with E-state index in [2.05, 4.69) is 5.10 Å². The third-order valence-electron chi connectivity index (χ3n) is 2.28. The number of carbonyl (C=O) groups is 1. The number of carbonyl (C=O) groups excluding carboxylic acids is 1. The standard InChI is InChI=1S/C12H11ClN2O/c1-15-8-10(7-14-15)12(16)6-9-3-2-4-11(13)5-9/h2-5,7-8H,6H2,1H3. The lowest BCUT2D eigenvalue weighted by molar-refractivity contribution is 0.0993. The van der Waals surface area contributed by atoms with Gasteiger partial charge in [-0.05, 0) is 17.7 Å². The van der Waals surface area contributed by atoms with E-state index in [0.29, 0.717) is 17.0 Å². The van der Waals surface area contributed by atoms with E-state index in [0.717, 1.165) is 5.56 Å². The van der Waals surface area contributed by atoms with Gasteiger partial charge < -0.3 is 0 Å². The highest BCUT2D eigenvalue weighted by Gasteiger charge is 2.08. The monoisotopic (exact) mass is 234 g/mol. The molecule has 16 heavy (non-hydrogen) atoms. The third kappa shape index (κ3) is 2.49. The summed E-state index contributed by atoms with van der Waals surface area (Å²) in [6.45, 7) is 0. The molecule has 0 aliphatic rings. The van der Waals surface area contributed by atoms with Crippen LogP contribution in [0, 0.1) is 0 Å². The molecule has 4 heteroatoms. The summed E-state index contributed by atoms with van der Waals surface area (Å²) >= 11 is 5.85. The lowest BCUT2D eigenvalue weighted by Gasteiger charge is -1.99. The topological polar surface area (TPSA) is 34.9 Å². The maximum absolute atomic E-state index is 11.8. The van der Waals surface area contributed by atoms with Crippen LogP contribution >= 0.6 is 11.6 Å². The molecule has 0 aliphatic heterocycles. The van der Waals surface area contributed by atoms with Crippen LogP contribution in [-0.2, 0) is 13.5 Å². The van der Waals surface area contributed by atoms with Crippen LogP contribution in [0.25, 0.3) is 0 Å². The highest BCUT2D eigenvalue weighted by molar-refractivity contribution is 6.30. The fourth-order valence-electron chi connectivity index (χ4n) is 1.50. The molecule has 3 nitrogen and oxygen atoms in total. The average molecular weight is 235 g/mol. The predicted octanol–water partition coefficient (Wildman–Crippen LogP) is 2.50. The normalized spacial score (nSPS) is 10.4. The number of nitrogens with zero attached hydrogens (tertiary/aromatic N) is 2. The Morgan fingerprint density at radius 3 is 2.94 bits per heavy atom. The van der Waals surface area contributed by atoms with Crippen molar-refractivity contribution in [2.75, 3.05) is 0 Å². The summed E-state index contributed by atoms with van der Waals surface area (Å²) in [4.78, 5) is 11.8. The third-order valence-corrected chi connectivity index (χ3v) is 2.52. The molecule has 0 N–H and O–H groups in total. The molecule has 0 radical (unpaired) electrons. The van der Waals surface area contributed by atoms with Gasteiger partial charge in [0.15, 0.2) is 5.78 Å². The lowest BCUT2D eigenvalue weighted by atomic mass is 10.1. The van der Waals surface area contributed by atoms with Crippen LogP contribution in [0.5, 0.6) is 0 Å². The number of ketones is 1. The number of aryl methyl sites for hydroxylation is 1. The first-order valence-corrected chi connectivity index (χ1v) is 5.29. The van der Waals surface area contributed by atoms with E-state index in [1.165, 1.54) is 0 Å². The molecule has 1 heterocycles. The highest BCUT2D eigenvalue weighted by atomic mass is 35.5. The number of halogens is 1. The molecular formula is C12H11ClN2O. The van der Waals surface area contributed by atoms with Crippen LogP contribution in [0.1, 0.15) is 15.9 Å². The van der Waals surface area contributed by atoms with Gasteiger partial charge in [-0.1, -0.05) is 23.7 Å². The molecular weight excluding hydrogens is 224 g/mol. The molecule has 0 saturated heterocycles. The number of rotatable bonds is 3. The van der Waals surface area contributed by atoms with Gasteiger partial charge in [0, 0.05) is 24.7 Å². The zero-order chi connectivity index (χ0) is 11.5. The molecule has 0 saturated carbocycles. The van der Waals surface area contributed by atoms with E-state index >= 15 is 0 Å². The molecule has 82 valence electrons. The number of benzene rings is 1. The van der Waals surface area contributed by atoms with Gasteiger partial charge in [0.25, 0.3) is 0 Å². The van der Waals surface area contributed by atoms with Crippen LogP contribution in [-0.4, -0.2) is 15.6 Å². The van der Waals surface area contributed by atoms with E-state index in [1.54, 1.807) is 36.3 Å². The van der Waals surface area contributed by atoms with Gasteiger partial charge in [-0.15, -0.1) is 0 Å². The minimum atomic E-state index is 0.0513. The summed E-state index contributed by atoms with van der Waals surface area (Å²) in [6, 6.07) is 7.32. The number of hydrogen-bond acceptors (Lipinski definition) is 2. The van der Waals surface area contributed by atoms with Crippen molar-refractivity contribution < 1.29 is 4.79 Å². The molecule has 2 rings (SSSR count). The molecule has 0 amide bonds. The van der Waals surface area contributed by atoms with Crippen LogP contribution in [0.2, 0.25) is 5.02 Å². The van der Waals surface area contributed by atoms with E-state index < -0.39 is 0 Å². The predicted molar refractivity (Wildman–Crippen MR) is 62.7 cm³/mol. The van der Waals surface area contributed by atoms with Gasteiger partial charge in [-0.25, -0.2) is 0 Å². The Morgan fingerprint density at radius 2 is 2.31 bits per heavy atom. The van der Waals surface area contributed by atoms with Crippen molar-refractivity contribution in [3.05, 3.63) is 52.8 Å². The fourth-order valence-corrected chi connectivity index (χ4v) is 1.71. The van der Waals surface area contributed by atoms with Gasteiger partial charge >= 0.3 is 0 Å². The summed E-state index contributed by atoms with van der Waals surface area (Å²) in [7, 11) is 1.79. The van der Waals surface area contributed by atoms with Gasteiger partial charge in [0.05, 0.1) is 11.8 Å². The number of aromatic nitrogens is 2. The summed E-state index contributed by atoms with van der Waals surface area (Å²) in [5, 5.41) is 4.62. The summed E-state index contributed by atoms with van der Waals surface area (Å²) < 4.78 is 1.62. The van der Waals surface area contributed by atoms with Crippen LogP contribution < -0.4 is 0 Å². The summed E-state index contributed by atoms with van der Waals surface area (Å²) in [5.74, 6) is 0.0513. The highest BCUT2D eigenvalue weighted by Crippen LogP contribution is 2.13. The minimum absolute atomic E-state index is 0.0513. The Morgan fingerprint density at radius 1 is 1.50 bits per heavy atom. The van der Waals surface area contributed by atoms with Crippen molar-refractivity contribution in [3.8, 4) is 0 Å². The Hall–Kier alpha value is -1.61. The molecule has 0 spiro atoms. The van der Waals surface area contributed by atoms with Gasteiger partial charge in [0.2, 0.25) is 0 Å². The van der Waals surface area contributed by atoms with Crippen molar-refractivity contribution in [2.45, 2.75) is 6.42 Å². The molecule has 0 aliphatic carbocycles. The largest absolute Gasteiger partial charge is 0.294 e. The Kier molecular flexibility index (Phi) is 3.06. The second-order valence-corrected chi connectivity index (χ2v) is 4.07. The van der Waals surface area contributed by atoms with Crippen LogP contribution in [0.3, 0.4) is 0 Å². The summed E-state index contributed by atoms with van der Waals surface area (Å²) in [6.07, 6.45) is 3.64. The summed E-state index contributed by atoms with van der Waals surface area (Å²) in [5.41, 5.74) is 1.55. The number of hydrogen-bond donors (Lipinski definition) is 0. The Labute approximate surface area is 98.7 Å². The maximum Gasteiger partial charge on any atom is 0.170 e. The minimum Gasteiger partial charge on any atom is -0.294 e. The lowest BCUT2D eigenvalue weighted by Crippen LogP contribution is -2.02. The van der Waals surface area contributed by atoms with Crippen LogP contribution in [0.4, 0.5) is 0 Å². The molecule has 1 aromatic heterocycles. The molecule has 1 aromatic carbocycles. The van der Waals surface area contributed by atoms with Gasteiger partial charge in [-0.2, -0.15) is 5.10 Å². The van der Waals surface area contributed by atoms with Gasteiger partial charge in [0.1, 0.15) is 0 Å². The first kappa shape index (κ1) is 10.9. The van der Waals surface area contributed by atoms with Gasteiger partial charge in [-0.3, -0.25) is 9.48 Å². The first-order valence-electron chi connectivity index (χ1n) is 4.91. The van der Waals surface area contributed by atoms with E-state index in [-0.39, 0.29) is 5.78 Å². The van der Waals surface area contributed by atoms with Crippen LogP contribution in [0.15, 0.2) is 36.7 Å². The Balaban J connectivity index is 2.13. The van der Waals surface area contributed by atoms with Crippen molar-refractivity contribution in [3.63, 3.8) is 0 Å². The first-order chi connectivity index (χ1) is 7.65. The van der Waals surface area contributed by atoms with Crippen molar-refractivity contribution in [2.24, 2.45) is 7.05 Å². The van der Waals surface area contributed by atoms with Crippen molar-refractivity contribution in [1.29, 1.82) is 0 Å². The second-order valence-electron chi connectivity index (χ2n) is 3.63. The zero-order valence-electron chi connectivity index (χ0n) is 8.85. The second kappa shape index (κ2) is 4.49. The smallest absolute Gasteiger partial charge is 0.170 e. The van der Waals surface area contributed by atoms with E-state index in [1.807, 2.05) is 12.1 Å². The molecule has 0 fully saturated rings. The van der Waals surface area contributed by atoms with E-state index in [9.17, 15) is 4.79 Å². The molecule has 0 atom stereocenters. The molecule has 0 unspecified atom stereocenters. The van der Waals surface area contributed by atoms with Crippen molar-refractivity contribution >= 4 is 17.4 Å². The number of Topliss-reactive ketones (excluding diaryl/α,β-unsaturated/α-hetero) is 1. The van der Waals surface area contributed by atoms with Crippen molar-refractivity contribution in [1.82, 2.24) is 9.78 Å². The zero-order valence-corrected chi connectivity index (χ0v) is 9.61. The quantitative estimate of drug-likeness (QED) is 0.765. The Bertz CT molecular complexity index is 519. The SMILES string of the molecule is Cn1cc(C(=O)Cc2cccc(Cl)c2)cn1. The molecule has 2 aromatic rings. The molecule has 0 bridgehead atoms. The average Bonchev–Trinajstić information content (AvgIpc) is 2.65.